The smallest absolute Gasteiger partial charge is 0.127 e. The van der Waals surface area contributed by atoms with E-state index < -0.39 is 0 Å². The minimum Gasteiger partial charge on any atom is -0.507 e. The van der Waals surface area contributed by atoms with Gasteiger partial charge in [-0.25, -0.2) is 0 Å². The molecule has 0 heterocycles. The first-order valence-corrected chi connectivity index (χ1v) is 3.69. The van der Waals surface area contributed by atoms with Crippen LogP contribution in [0, 0.1) is 0 Å². The van der Waals surface area contributed by atoms with Crippen LogP contribution in [0.15, 0.2) is 36.4 Å². The molecule has 0 spiro atoms. The Morgan fingerprint density at radius 1 is 0.714 bits per heavy atom. The Labute approximate surface area is 127 Å². The standard InChI is InChI=1S/C10H8O2.2Na/c11-8-5-1-3-7-4-2-6-9(12)10(7)8;;/h1-6,11-12H;;. The average Bonchev–Trinajstić information content (AvgIpc) is 2.04. The molecule has 0 aliphatic carbocycles. The van der Waals surface area contributed by atoms with E-state index in [1.165, 1.54) is 0 Å². The van der Waals surface area contributed by atoms with Crippen LogP contribution in [0.1, 0.15) is 0 Å². The Bertz CT molecular complexity index is 393. The molecule has 2 aromatic carbocycles. The third-order valence-corrected chi connectivity index (χ3v) is 1.86. The van der Waals surface area contributed by atoms with Crippen molar-refractivity contribution in [1.29, 1.82) is 0 Å². The minimum atomic E-state index is 0. The van der Waals surface area contributed by atoms with Crippen molar-refractivity contribution in [2.24, 2.45) is 0 Å². The summed E-state index contributed by atoms with van der Waals surface area (Å²) in [5, 5.41) is 20.1. The van der Waals surface area contributed by atoms with Gasteiger partial charge in [-0.05, 0) is 17.5 Å². The average molecular weight is 206 g/mol. The summed E-state index contributed by atoms with van der Waals surface area (Å²) in [6.07, 6.45) is 0. The monoisotopic (exact) mass is 206 g/mol. The molecule has 2 radical (unpaired) electrons. The predicted octanol–water partition coefficient (Wildman–Crippen LogP) is 1.49. The first-order valence-electron chi connectivity index (χ1n) is 3.69. The molecule has 0 saturated heterocycles. The van der Waals surface area contributed by atoms with Crippen molar-refractivity contribution in [1.82, 2.24) is 0 Å². The van der Waals surface area contributed by atoms with Gasteiger partial charge in [0, 0.05) is 59.1 Å². The van der Waals surface area contributed by atoms with Gasteiger partial charge in [-0.3, -0.25) is 0 Å². The Morgan fingerprint density at radius 3 is 1.50 bits per heavy atom. The number of phenolic OH excluding ortho intramolecular Hbond substituents is 2. The molecule has 0 fully saturated rings. The van der Waals surface area contributed by atoms with Crippen molar-refractivity contribution < 1.29 is 10.2 Å². The van der Waals surface area contributed by atoms with E-state index in [-0.39, 0.29) is 70.6 Å². The zero-order chi connectivity index (χ0) is 8.55. The summed E-state index contributed by atoms with van der Waals surface area (Å²) in [7, 11) is 0. The SMILES string of the molecule is Oc1cccc2cccc(O)c12.[Na].[Na]. The summed E-state index contributed by atoms with van der Waals surface area (Å²) in [4.78, 5) is 0. The Hall–Kier alpha value is 0.300. The van der Waals surface area contributed by atoms with Crippen molar-refractivity contribution in [3.63, 3.8) is 0 Å². The van der Waals surface area contributed by atoms with E-state index in [4.69, 9.17) is 0 Å². The summed E-state index contributed by atoms with van der Waals surface area (Å²) in [6, 6.07) is 10.3. The number of phenols is 2. The molecule has 0 bridgehead atoms. The number of fused-ring (bicyclic) bond motifs is 1. The zero-order valence-corrected chi connectivity index (χ0v) is 12.4. The number of benzene rings is 2. The molecular weight excluding hydrogens is 198 g/mol. The van der Waals surface area contributed by atoms with Gasteiger partial charge < -0.3 is 10.2 Å². The van der Waals surface area contributed by atoms with Crippen LogP contribution in [-0.4, -0.2) is 69.3 Å². The second-order valence-corrected chi connectivity index (χ2v) is 2.65. The van der Waals surface area contributed by atoms with E-state index in [2.05, 4.69) is 0 Å². The maximum absolute atomic E-state index is 9.39. The van der Waals surface area contributed by atoms with Crippen molar-refractivity contribution in [3.8, 4) is 11.5 Å². The summed E-state index contributed by atoms with van der Waals surface area (Å²) in [6.45, 7) is 0. The molecule has 0 saturated carbocycles. The second-order valence-electron chi connectivity index (χ2n) is 2.65. The third kappa shape index (κ3) is 2.66. The van der Waals surface area contributed by atoms with E-state index >= 15 is 0 Å². The van der Waals surface area contributed by atoms with E-state index in [0.29, 0.717) is 5.39 Å². The summed E-state index contributed by atoms with van der Waals surface area (Å²) in [5.41, 5.74) is 0. The van der Waals surface area contributed by atoms with E-state index in [9.17, 15) is 10.2 Å². The second kappa shape index (κ2) is 6.01. The van der Waals surface area contributed by atoms with Crippen LogP contribution in [0.4, 0.5) is 0 Å². The van der Waals surface area contributed by atoms with Crippen molar-refractivity contribution >= 4 is 69.9 Å². The van der Waals surface area contributed by atoms with Gasteiger partial charge in [-0.2, -0.15) is 0 Å². The molecule has 2 N–H and O–H groups in total. The molecule has 0 unspecified atom stereocenters. The summed E-state index contributed by atoms with van der Waals surface area (Å²) >= 11 is 0. The minimum absolute atomic E-state index is 0. The van der Waals surface area contributed by atoms with E-state index in [1.807, 2.05) is 12.1 Å². The van der Waals surface area contributed by atoms with Gasteiger partial charge in [-0.15, -0.1) is 0 Å². The molecule has 2 aromatic rings. The third-order valence-electron chi connectivity index (χ3n) is 1.86. The molecule has 0 aliphatic rings. The van der Waals surface area contributed by atoms with Gasteiger partial charge in [0.1, 0.15) is 11.5 Å². The molecule has 0 aliphatic heterocycles. The van der Waals surface area contributed by atoms with Crippen LogP contribution in [0.25, 0.3) is 10.8 Å². The first-order chi connectivity index (χ1) is 5.79. The van der Waals surface area contributed by atoms with Crippen LogP contribution in [-0.2, 0) is 0 Å². The van der Waals surface area contributed by atoms with E-state index in [0.717, 1.165) is 5.39 Å². The molecule has 2 rings (SSSR count). The van der Waals surface area contributed by atoms with Gasteiger partial charge in [0.15, 0.2) is 0 Å². The largest absolute Gasteiger partial charge is 0.507 e. The number of rotatable bonds is 0. The van der Waals surface area contributed by atoms with Crippen molar-refractivity contribution in [2.75, 3.05) is 0 Å². The maximum atomic E-state index is 9.39. The predicted molar refractivity (Wildman–Crippen MR) is 58.8 cm³/mol. The Balaban J connectivity index is 0.000000845. The van der Waals surface area contributed by atoms with E-state index in [1.54, 1.807) is 24.3 Å². The van der Waals surface area contributed by atoms with Crippen molar-refractivity contribution in [3.05, 3.63) is 36.4 Å². The molecule has 2 nitrogen and oxygen atoms in total. The molecule has 0 aromatic heterocycles. The summed E-state index contributed by atoms with van der Waals surface area (Å²) in [5.74, 6) is 0.233. The molecule has 62 valence electrons. The molecule has 4 heteroatoms. The summed E-state index contributed by atoms with van der Waals surface area (Å²) < 4.78 is 0. The fourth-order valence-electron chi connectivity index (χ4n) is 1.30. The number of hydrogen-bond acceptors (Lipinski definition) is 2. The van der Waals surface area contributed by atoms with Crippen LogP contribution in [0.2, 0.25) is 0 Å². The first kappa shape index (κ1) is 14.3. The quantitative estimate of drug-likeness (QED) is 0.641. The zero-order valence-electron chi connectivity index (χ0n) is 8.36. The van der Waals surface area contributed by atoms with Crippen molar-refractivity contribution in [2.45, 2.75) is 0 Å². The van der Waals surface area contributed by atoms with Gasteiger partial charge in [0.25, 0.3) is 0 Å². The number of hydrogen-bond donors (Lipinski definition) is 2. The van der Waals surface area contributed by atoms with Crippen LogP contribution < -0.4 is 0 Å². The topological polar surface area (TPSA) is 40.5 Å². The molecular formula is C10H8Na2O2. The molecule has 0 amide bonds. The Kier molecular flexibility index (Phi) is 6.14. The van der Waals surface area contributed by atoms with Crippen LogP contribution >= 0.6 is 0 Å². The molecule has 0 atom stereocenters. The van der Waals surface area contributed by atoms with Gasteiger partial charge in [0.05, 0.1) is 5.39 Å². The van der Waals surface area contributed by atoms with Crippen LogP contribution in [0.3, 0.4) is 0 Å². The van der Waals surface area contributed by atoms with Gasteiger partial charge in [-0.1, -0.05) is 24.3 Å². The molecule has 14 heavy (non-hydrogen) atoms. The maximum Gasteiger partial charge on any atom is 0.127 e. The fraction of sp³-hybridized carbons (Fsp3) is 0. The van der Waals surface area contributed by atoms with Gasteiger partial charge >= 0.3 is 0 Å². The van der Waals surface area contributed by atoms with Crippen LogP contribution in [0.5, 0.6) is 11.5 Å². The van der Waals surface area contributed by atoms with Gasteiger partial charge in [0.2, 0.25) is 0 Å². The number of aromatic hydroxyl groups is 2. The fourth-order valence-corrected chi connectivity index (χ4v) is 1.30. The normalized spacial score (nSPS) is 8.86. The Morgan fingerprint density at radius 2 is 1.14 bits per heavy atom.